The predicted octanol–water partition coefficient (Wildman–Crippen LogP) is 6.54. The molecule has 0 amide bonds. The Hall–Kier alpha value is -4.49. The molecule has 0 radical (unpaired) electrons. The normalized spacial score (nSPS) is 14.4. The van der Waals surface area contributed by atoms with E-state index in [0.29, 0.717) is 34.1 Å². The number of nitrogens with zero attached hydrogens (tertiary/aromatic N) is 1. The highest BCUT2D eigenvalue weighted by atomic mass is 32.2. The number of ketones is 1. The van der Waals surface area contributed by atoms with Crippen LogP contribution in [0, 0.1) is 11.6 Å². The molecule has 7 heteroatoms. The van der Waals surface area contributed by atoms with Gasteiger partial charge in [-0.05, 0) is 97.1 Å². The summed E-state index contributed by atoms with van der Waals surface area (Å²) in [7, 11) is -0.612. The number of benzene rings is 4. The van der Waals surface area contributed by atoms with Crippen molar-refractivity contribution in [3.63, 3.8) is 0 Å². The van der Waals surface area contributed by atoms with Crippen molar-refractivity contribution >= 4 is 33.7 Å². The van der Waals surface area contributed by atoms with Gasteiger partial charge in [-0.25, -0.2) is 8.78 Å². The van der Waals surface area contributed by atoms with Crippen molar-refractivity contribution in [3.8, 4) is 5.75 Å². The molecule has 4 nitrogen and oxygen atoms in total. The summed E-state index contributed by atoms with van der Waals surface area (Å²) < 4.78 is 29.5. The molecule has 1 N–H and O–H groups in total. The Kier molecular flexibility index (Phi) is 6.82. The zero-order valence-corrected chi connectivity index (χ0v) is 22.1. The van der Waals surface area contributed by atoms with Crippen LogP contribution in [0.4, 0.5) is 8.78 Å². The Morgan fingerprint density at radius 3 is 2.08 bits per heavy atom. The van der Waals surface area contributed by atoms with Crippen LogP contribution in [-0.2, 0) is 23.9 Å². The molecule has 1 aliphatic carbocycles. The summed E-state index contributed by atoms with van der Waals surface area (Å²) in [6.07, 6.45) is 4.34. The van der Waals surface area contributed by atoms with Gasteiger partial charge in [0.15, 0.2) is 26.3 Å². The van der Waals surface area contributed by atoms with Crippen LogP contribution < -0.4 is 5.43 Å². The topological polar surface area (TPSA) is 59.3 Å². The van der Waals surface area contributed by atoms with Crippen LogP contribution in [0.5, 0.6) is 5.75 Å². The second-order valence-electron chi connectivity index (χ2n) is 9.61. The Morgan fingerprint density at radius 2 is 1.45 bits per heavy atom. The van der Waals surface area contributed by atoms with Crippen LogP contribution in [0.25, 0.3) is 17.0 Å². The number of carbonyl (C=O) groups is 1. The Morgan fingerprint density at radius 1 is 0.850 bits per heavy atom. The maximum atomic E-state index is 13.8. The van der Waals surface area contributed by atoms with E-state index in [9.17, 15) is 23.5 Å². The van der Waals surface area contributed by atoms with Gasteiger partial charge < -0.3 is 9.67 Å². The van der Waals surface area contributed by atoms with Gasteiger partial charge in [-0.15, -0.1) is 0 Å². The molecule has 0 spiro atoms. The van der Waals surface area contributed by atoms with Crippen molar-refractivity contribution in [1.29, 1.82) is 0 Å². The lowest BCUT2D eigenvalue weighted by Crippen LogP contribution is -2.31. The Bertz CT molecular complexity index is 1770. The van der Waals surface area contributed by atoms with Gasteiger partial charge in [0.2, 0.25) is 0 Å². The molecule has 0 aliphatic heterocycles. The fraction of sp³-hybridized carbons (Fsp3) is 0.0909. The molecule has 6 rings (SSSR count). The molecule has 0 saturated heterocycles. The minimum Gasteiger partial charge on any atom is -0.508 e. The van der Waals surface area contributed by atoms with Crippen molar-refractivity contribution in [2.45, 2.75) is 28.0 Å². The molecule has 0 saturated carbocycles. The zero-order chi connectivity index (χ0) is 27.8. The maximum Gasteiger partial charge on any atom is 0.193 e. The number of hydrogen-bond donors (Lipinski definition) is 1. The number of Topliss-reactive ketones (excluding diaryl/α,β-unsaturated/α-hetero) is 1. The second-order valence-corrected chi connectivity index (χ2v) is 11.8. The van der Waals surface area contributed by atoms with E-state index in [1.54, 1.807) is 48.5 Å². The summed E-state index contributed by atoms with van der Waals surface area (Å²) in [6.45, 7) is 0.0184. The number of pyridine rings is 1. The van der Waals surface area contributed by atoms with E-state index < -0.39 is 10.9 Å². The van der Waals surface area contributed by atoms with Crippen molar-refractivity contribution in [3.05, 3.63) is 142 Å². The third-order valence-corrected chi connectivity index (χ3v) is 9.61. The molecule has 1 unspecified atom stereocenters. The summed E-state index contributed by atoms with van der Waals surface area (Å²) in [6, 6.07) is 26.0. The van der Waals surface area contributed by atoms with Gasteiger partial charge in [0.05, 0.1) is 23.0 Å². The predicted molar refractivity (Wildman–Crippen MR) is 154 cm³/mol. The number of halogens is 2. The molecule has 1 atom stereocenters. The first kappa shape index (κ1) is 25.8. The maximum absolute atomic E-state index is 13.8. The van der Waals surface area contributed by atoms with Crippen LogP contribution in [-0.4, -0.2) is 20.7 Å². The number of para-hydroxylation sites is 1. The number of aromatic nitrogens is 1. The van der Waals surface area contributed by atoms with Crippen LogP contribution in [0.15, 0.2) is 118 Å². The van der Waals surface area contributed by atoms with Gasteiger partial charge in [0.1, 0.15) is 17.4 Å². The first-order valence-electron chi connectivity index (χ1n) is 12.8. The van der Waals surface area contributed by atoms with Crippen molar-refractivity contribution in [2.75, 3.05) is 0 Å². The van der Waals surface area contributed by atoms with Crippen molar-refractivity contribution in [1.82, 2.24) is 4.57 Å². The molecule has 198 valence electrons. The van der Waals surface area contributed by atoms with Gasteiger partial charge in [0, 0.05) is 28.6 Å². The van der Waals surface area contributed by atoms with Crippen LogP contribution in [0.2, 0.25) is 0 Å². The Labute approximate surface area is 232 Å². The monoisotopic (exact) mass is 552 g/mol. The van der Waals surface area contributed by atoms with E-state index in [1.807, 2.05) is 28.9 Å². The van der Waals surface area contributed by atoms with Gasteiger partial charge in [0.25, 0.3) is 0 Å². The fourth-order valence-corrected chi connectivity index (χ4v) is 7.59. The molecule has 4 aromatic carbocycles. The van der Waals surface area contributed by atoms with E-state index in [-0.39, 0.29) is 40.4 Å². The molecule has 1 heterocycles. The fourth-order valence-electron chi connectivity index (χ4n) is 5.19. The first-order chi connectivity index (χ1) is 19.4. The average molecular weight is 553 g/mol. The van der Waals surface area contributed by atoms with Gasteiger partial charge >= 0.3 is 0 Å². The lowest BCUT2D eigenvalue weighted by molar-refractivity contribution is 0.0973. The number of rotatable bonds is 6. The molecule has 5 aromatic rings. The number of carbonyl (C=O) groups excluding carboxylic acids is 1. The van der Waals surface area contributed by atoms with E-state index in [4.69, 9.17) is 0 Å². The lowest BCUT2D eigenvalue weighted by Gasteiger charge is -2.24. The summed E-state index contributed by atoms with van der Waals surface area (Å²) in [5, 5.41) is 10.0. The number of aromatic hydroxyl groups is 1. The van der Waals surface area contributed by atoms with E-state index in [1.165, 1.54) is 36.4 Å². The third-order valence-electron chi connectivity index (χ3n) is 7.12. The third kappa shape index (κ3) is 4.84. The highest BCUT2D eigenvalue weighted by Crippen LogP contribution is 2.34. The quantitative estimate of drug-likeness (QED) is 0.192. The van der Waals surface area contributed by atoms with Crippen LogP contribution in [0.1, 0.15) is 21.6 Å². The first-order valence-corrected chi connectivity index (χ1v) is 14.1. The largest absolute Gasteiger partial charge is 0.508 e. The second kappa shape index (κ2) is 10.6. The van der Waals surface area contributed by atoms with Gasteiger partial charge in [-0.3, -0.25) is 9.59 Å². The summed E-state index contributed by atoms with van der Waals surface area (Å²) in [4.78, 5) is 28.8. The number of fused-ring (bicyclic) bond motifs is 2. The molecule has 1 aliphatic rings. The Balaban J connectivity index is 1.46. The van der Waals surface area contributed by atoms with Crippen LogP contribution >= 0.6 is 0 Å². The SMILES string of the molecule is O=C(Cn1c2c(c(=O)c3ccccc31)CC([S+](c1ccc(F)cc1)c1ccc(F)cc1)C=C2)c1ccc(O)cc1. The summed E-state index contributed by atoms with van der Waals surface area (Å²) in [5.41, 5.74) is 2.31. The minimum absolute atomic E-state index is 0.0184. The molecular formula is C33H24F2NO3S+. The van der Waals surface area contributed by atoms with E-state index >= 15 is 0 Å². The number of phenolic OH excluding ortho intramolecular Hbond substituents is 1. The van der Waals surface area contributed by atoms with Gasteiger partial charge in [-0.2, -0.15) is 0 Å². The molecule has 1 aromatic heterocycles. The zero-order valence-electron chi connectivity index (χ0n) is 21.3. The summed E-state index contributed by atoms with van der Waals surface area (Å²) >= 11 is 0. The molecule has 0 fully saturated rings. The van der Waals surface area contributed by atoms with Gasteiger partial charge in [-0.1, -0.05) is 12.1 Å². The van der Waals surface area contributed by atoms with E-state index in [2.05, 4.69) is 0 Å². The van der Waals surface area contributed by atoms with Crippen molar-refractivity contribution < 1.29 is 18.7 Å². The smallest absolute Gasteiger partial charge is 0.193 e. The molecule has 40 heavy (non-hydrogen) atoms. The highest BCUT2D eigenvalue weighted by molar-refractivity contribution is 7.97. The lowest BCUT2D eigenvalue weighted by atomic mass is 9.97. The highest BCUT2D eigenvalue weighted by Gasteiger charge is 2.37. The van der Waals surface area contributed by atoms with E-state index in [0.717, 1.165) is 9.79 Å². The van der Waals surface area contributed by atoms with Crippen LogP contribution in [0.3, 0.4) is 0 Å². The number of phenols is 1. The average Bonchev–Trinajstić information content (AvgIpc) is 2.97. The minimum atomic E-state index is -0.612. The standard InChI is InChI=1S/C33H23F2NO3S/c34-22-7-13-25(14-8-22)40(26-15-9-23(35)10-16-26)27-17-18-31-29(19-27)33(39)28-3-1-2-4-30(28)36(31)20-32(38)21-5-11-24(37)12-6-21/h1-18,27H,19-20H2/p+1. The molecular weight excluding hydrogens is 528 g/mol. The number of hydrogen-bond acceptors (Lipinski definition) is 3. The van der Waals surface area contributed by atoms with Crippen molar-refractivity contribution in [2.24, 2.45) is 0 Å². The summed E-state index contributed by atoms with van der Waals surface area (Å²) in [5.74, 6) is -0.759. The molecule has 0 bridgehead atoms.